The summed E-state index contributed by atoms with van der Waals surface area (Å²) in [5.74, 6) is -0.0556. The second kappa shape index (κ2) is 10.9. The Bertz CT molecular complexity index is 1590. The summed E-state index contributed by atoms with van der Waals surface area (Å²) < 4.78 is 14.7. The number of likely N-dealkylation sites (tertiary alicyclic amines) is 1. The van der Waals surface area contributed by atoms with Crippen LogP contribution >= 0.6 is 23.2 Å². The Hall–Kier alpha value is -3.40. The van der Waals surface area contributed by atoms with Crippen LogP contribution in [0, 0.1) is 11.0 Å². The van der Waals surface area contributed by atoms with Gasteiger partial charge in [0.15, 0.2) is 0 Å². The summed E-state index contributed by atoms with van der Waals surface area (Å²) >= 11 is 12.8. The first-order chi connectivity index (χ1) is 19.3. The standard InChI is InChI=1S/C30H27Cl2FN6O/c1-34-22-11-12-39(40,17-22)16-18-5-8-21(9-6-18)37-30-36-15-19-14-35-29(27-25(32)3-2-4-26(27)33)24-13-20(31)7-10-23(24)28(19)38-30/h2-10,13,15,22,34H,11-12,14,16-17H2,1H3,(H,36,37,38). The van der Waals surface area contributed by atoms with Crippen LogP contribution < -0.4 is 10.6 Å². The molecule has 2 N–H and O–H groups in total. The number of benzene rings is 3. The van der Waals surface area contributed by atoms with Crippen molar-refractivity contribution < 1.29 is 9.04 Å². The second-order valence-corrected chi connectivity index (χ2v) is 11.1. The van der Waals surface area contributed by atoms with Gasteiger partial charge in [0.2, 0.25) is 5.95 Å². The fourth-order valence-corrected chi connectivity index (χ4v) is 5.86. The van der Waals surface area contributed by atoms with Crippen LogP contribution in [0.2, 0.25) is 10.0 Å². The van der Waals surface area contributed by atoms with E-state index in [2.05, 4.69) is 15.6 Å². The maximum absolute atomic E-state index is 14.9. The van der Waals surface area contributed by atoms with E-state index in [0.29, 0.717) is 47.6 Å². The summed E-state index contributed by atoms with van der Waals surface area (Å²) in [5.41, 5.74) is 5.30. The first kappa shape index (κ1) is 26.8. The van der Waals surface area contributed by atoms with E-state index in [4.69, 9.17) is 33.2 Å². The lowest BCUT2D eigenvalue weighted by atomic mass is 9.95. The number of hydrogen-bond acceptors (Lipinski definition) is 6. The molecule has 1 aromatic heterocycles. The molecule has 3 aromatic carbocycles. The molecule has 3 heterocycles. The molecule has 0 radical (unpaired) electrons. The highest BCUT2D eigenvalue weighted by atomic mass is 35.5. The Balaban J connectivity index is 1.28. The number of nitrogens with one attached hydrogen (secondary N) is 2. The Labute approximate surface area is 241 Å². The van der Waals surface area contributed by atoms with Crippen molar-refractivity contribution in [2.24, 2.45) is 4.99 Å². The molecule has 0 amide bonds. The average molecular weight is 577 g/mol. The number of aliphatic imine (C=N–C) groups is 1. The van der Waals surface area contributed by atoms with Crippen molar-refractivity contribution in [1.29, 1.82) is 0 Å². The monoisotopic (exact) mass is 576 g/mol. The van der Waals surface area contributed by atoms with Crippen molar-refractivity contribution in [3.8, 4) is 11.3 Å². The molecule has 0 spiro atoms. The fourth-order valence-electron chi connectivity index (χ4n) is 5.43. The molecular formula is C30H27Cl2FN6O. The highest BCUT2D eigenvalue weighted by Gasteiger charge is 2.30. The zero-order chi connectivity index (χ0) is 27.9. The first-order valence-electron chi connectivity index (χ1n) is 13.1. The fraction of sp³-hybridized carbons (Fsp3) is 0.233. The van der Waals surface area contributed by atoms with E-state index in [-0.39, 0.29) is 27.8 Å². The number of rotatable bonds is 6. The largest absolute Gasteiger partial charge is 0.633 e. The summed E-state index contributed by atoms with van der Waals surface area (Å²) in [6, 6.07) is 18.0. The maximum Gasteiger partial charge on any atom is 0.227 e. The van der Waals surface area contributed by atoms with Gasteiger partial charge < -0.3 is 20.5 Å². The number of hydroxylamine groups is 3. The van der Waals surface area contributed by atoms with E-state index in [0.717, 1.165) is 28.8 Å². The van der Waals surface area contributed by atoms with E-state index in [1.165, 1.54) is 6.07 Å². The molecule has 204 valence electrons. The molecule has 2 aliphatic rings. The van der Waals surface area contributed by atoms with Crippen LogP contribution in [0.25, 0.3) is 11.3 Å². The number of halogens is 3. The predicted octanol–water partition coefficient (Wildman–Crippen LogP) is 6.49. The number of aromatic nitrogens is 2. The van der Waals surface area contributed by atoms with Crippen LogP contribution in [-0.2, 0) is 13.1 Å². The lowest BCUT2D eigenvalue weighted by molar-refractivity contribution is -0.882. The summed E-state index contributed by atoms with van der Waals surface area (Å²) in [6.45, 7) is 1.90. The van der Waals surface area contributed by atoms with E-state index < -0.39 is 5.82 Å². The lowest BCUT2D eigenvalue weighted by Gasteiger charge is -2.38. The molecule has 2 aliphatic heterocycles. The molecule has 2 atom stereocenters. The van der Waals surface area contributed by atoms with Crippen molar-refractivity contribution in [2.75, 3.05) is 25.5 Å². The maximum atomic E-state index is 14.9. The van der Waals surface area contributed by atoms with Gasteiger partial charge in [-0.3, -0.25) is 4.99 Å². The average Bonchev–Trinajstić information content (AvgIpc) is 3.25. The van der Waals surface area contributed by atoms with Crippen LogP contribution in [0.5, 0.6) is 0 Å². The molecule has 6 rings (SSSR count). The van der Waals surface area contributed by atoms with Crippen molar-refractivity contribution in [1.82, 2.24) is 15.3 Å². The Morgan fingerprint density at radius 1 is 1.07 bits per heavy atom. The summed E-state index contributed by atoms with van der Waals surface area (Å²) in [4.78, 5) is 14.1. The molecule has 1 fully saturated rings. The summed E-state index contributed by atoms with van der Waals surface area (Å²) in [7, 11) is 1.91. The van der Waals surface area contributed by atoms with Crippen LogP contribution in [-0.4, -0.2) is 46.5 Å². The molecular weight excluding hydrogens is 550 g/mol. The van der Waals surface area contributed by atoms with E-state index in [9.17, 15) is 9.60 Å². The number of anilines is 2. The molecule has 0 saturated carbocycles. The normalized spacial score (nSPS) is 19.9. The minimum Gasteiger partial charge on any atom is -0.633 e. The second-order valence-electron chi connectivity index (χ2n) is 10.2. The topological polar surface area (TPSA) is 85.3 Å². The van der Waals surface area contributed by atoms with Gasteiger partial charge in [0.1, 0.15) is 12.4 Å². The molecule has 7 nitrogen and oxygen atoms in total. The lowest BCUT2D eigenvalue weighted by Crippen LogP contribution is -2.41. The van der Waals surface area contributed by atoms with Gasteiger partial charge >= 0.3 is 0 Å². The Kier molecular flexibility index (Phi) is 7.29. The molecule has 2 unspecified atom stereocenters. The third-order valence-corrected chi connectivity index (χ3v) is 8.04. The molecule has 0 bridgehead atoms. The van der Waals surface area contributed by atoms with Gasteiger partial charge in [-0.05, 0) is 43.4 Å². The number of fused-ring (bicyclic) bond motifs is 3. The van der Waals surface area contributed by atoms with Crippen molar-refractivity contribution in [2.45, 2.75) is 25.6 Å². The number of nitrogens with zero attached hydrogens (tertiary/aromatic N) is 4. The van der Waals surface area contributed by atoms with E-state index in [1.807, 2.05) is 37.4 Å². The molecule has 40 heavy (non-hydrogen) atoms. The van der Waals surface area contributed by atoms with Crippen LogP contribution in [0.1, 0.15) is 28.7 Å². The van der Waals surface area contributed by atoms with E-state index in [1.54, 1.807) is 30.5 Å². The van der Waals surface area contributed by atoms with Crippen molar-refractivity contribution >= 4 is 40.5 Å². The van der Waals surface area contributed by atoms with Crippen LogP contribution in [0.3, 0.4) is 0 Å². The van der Waals surface area contributed by atoms with Gasteiger partial charge in [-0.1, -0.05) is 47.5 Å². The molecule has 10 heteroatoms. The van der Waals surface area contributed by atoms with Gasteiger partial charge in [-0.25, -0.2) is 14.4 Å². The molecule has 0 aliphatic carbocycles. The van der Waals surface area contributed by atoms with Gasteiger partial charge in [-0.2, -0.15) is 0 Å². The number of hydrogen-bond donors (Lipinski definition) is 2. The van der Waals surface area contributed by atoms with Gasteiger partial charge in [-0.15, -0.1) is 0 Å². The highest BCUT2D eigenvalue weighted by Crippen LogP contribution is 2.35. The number of quaternary nitrogens is 1. The number of likely N-dealkylation sites (N-methyl/N-ethyl adjacent to an activating group) is 1. The van der Waals surface area contributed by atoms with Crippen LogP contribution in [0.15, 0.2) is 71.9 Å². The SMILES string of the molecule is CNC1CC[N+]([O-])(Cc2ccc(Nc3ncc4c(n3)-c3ccc(Cl)cc3C(c3c(F)cccc3Cl)=NC4)cc2)C1. The minimum atomic E-state index is -0.462. The summed E-state index contributed by atoms with van der Waals surface area (Å²) in [5, 5.41) is 20.3. The quantitative estimate of drug-likeness (QED) is 0.202. The van der Waals surface area contributed by atoms with Crippen molar-refractivity contribution in [3.63, 3.8) is 0 Å². The van der Waals surface area contributed by atoms with Gasteiger partial charge in [0.25, 0.3) is 0 Å². The third-order valence-electron chi connectivity index (χ3n) is 7.49. The minimum absolute atomic E-state index is 0.211. The van der Waals surface area contributed by atoms with E-state index >= 15 is 0 Å². The molecule has 1 saturated heterocycles. The highest BCUT2D eigenvalue weighted by molar-refractivity contribution is 6.36. The third kappa shape index (κ3) is 5.33. The van der Waals surface area contributed by atoms with Crippen LogP contribution in [0.4, 0.5) is 16.0 Å². The zero-order valence-corrected chi connectivity index (χ0v) is 23.3. The molecule has 4 aromatic rings. The van der Waals surface area contributed by atoms with Crippen molar-refractivity contribution in [3.05, 3.63) is 110 Å². The van der Waals surface area contributed by atoms with Gasteiger partial charge in [0.05, 0.1) is 47.7 Å². The Morgan fingerprint density at radius 3 is 2.65 bits per heavy atom. The predicted molar refractivity (Wildman–Crippen MR) is 157 cm³/mol. The summed E-state index contributed by atoms with van der Waals surface area (Å²) in [6.07, 6.45) is 2.62. The Morgan fingerprint density at radius 2 is 1.90 bits per heavy atom. The first-order valence-corrected chi connectivity index (χ1v) is 13.8. The zero-order valence-electron chi connectivity index (χ0n) is 21.8. The van der Waals surface area contributed by atoms with Gasteiger partial charge in [0, 0.05) is 45.6 Å². The smallest absolute Gasteiger partial charge is 0.227 e.